The van der Waals surface area contributed by atoms with Crippen LogP contribution in [-0.4, -0.2) is 23.7 Å². The molecule has 0 fully saturated rings. The zero-order valence-electron chi connectivity index (χ0n) is 8.17. The van der Waals surface area contributed by atoms with E-state index in [1.54, 1.807) is 0 Å². The van der Waals surface area contributed by atoms with E-state index in [4.69, 9.17) is 23.2 Å². The van der Waals surface area contributed by atoms with Crippen molar-refractivity contribution in [1.82, 2.24) is 0 Å². The quantitative estimate of drug-likeness (QED) is 0.371. The fraction of sp³-hybridized carbons (Fsp3) is 0.200. The molecule has 1 aromatic rings. The monoisotopic (exact) mass is 324 g/mol. The molecule has 1 atom stereocenters. The fourth-order valence-corrected chi connectivity index (χ4v) is 1.97. The van der Waals surface area contributed by atoms with Crippen molar-refractivity contribution in [2.75, 3.05) is 7.11 Å². The summed E-state index contributed by atoms with van der Waals surface area (Å²) >= 11 is 14.5. The maximum absolute atomic E-state index is 11.8. The van der Waals surface area contributed by atoms with Gasteiger partial charge in [0.15, 0.2) is 10.6 Å². The average Bonchev–Trinajstić information content (AvgIpc) is 2.26. The van der Waals surface area contributed by atoms with E-state index < -0.39 is 16.6 Å². The summed E-state index contributed by atoms with van der Waals surface area (Å²) in [5.41, 5.74) is 0.221. The number of alkyl halides is 1. The maximum atomic E-state index is 11.8. The number of ketones is 1. The Labute approximate surface area is 111 Å². The first-order valence-corrected chi connectivity index (χ1v) is 5.85. The van der Waals surface area contributed by atoms with Gasteiger partial charge in [0, 0.05) is 10.6 Å². The first kappa shape index (κ1) is 13.5. The van der Waals surface area contributed by atoms with Gasteiger partial charge >= 0.3 is 5.97 Å². The van der Waals surface area contributed by atoms with Gasteiger partial charge in [-0.05, 0) is 18.2 Å². The molecule has 0 spiro atoms. The van der Waals surface area contributed by atoms with Gasteiger partial charge < -0.3 is 4.74 Å². The average molecular weight is 326 g/mol. The molecule has 0 amide bonds. The highest BCUT2D eigenvalue weighted by Gasteiger charge is 2.26. The zero-order valence-corrected chi connectivity index (χ0v) is 11.3. The van der Waals surface area contributed by atoms with Crippen molar-refractivity contribution in [1.29, 1.82) is 0 Å². The normalized spacial score (nSPS) is 12.0. The predicted molar refractivity (Wildman–Crippen MR) is 65.5 cm³/mol. The first-order valence-electron chi connectivity index (χ1n) is 4.18. The molecule has 0 aliphatic rings. The van der Waals surface area contributed by atoms with Crippen molar-refractivity contribution in [3.8, 4) is 0 Å². The second kappa shape index (κ2) is 5.66. The lowest BCUT2D eigenvalue weighted by Gasteiger charge is -2.08. The Kier molecular flexibility index (Phi) is 4.77. The number of carbonyl (C=O) groups excluding carboxylic acids is 2. The molecule has 0 aromatic heterocycles. The third kappa shape index (κ3) is 2.97. The van der Waals surface area contributed by atoms with Crippen LogP contribution >= 0.6 is 39.1 Å². The van der Waals surface area contributed by atoms with Crippen molar-refractivity contribution in [2.45, 2.75) is 4.83 Å². The predicted octanol–water partition coefficient (Wildman–Crippen LogP) is 3.11. The van der Waals surface area contributed by atoms with Gasteiger partial charge in [0.05, 0.1) is 12.1 Å². The van der Waals surface area contributed by atoms with E-state index in [-0.39, 0.29) is 10.6 Å². The standard InChI is InChI=1S/C10H7BrCl2O3/c1-16-10(15)8(11)9(14)6-3-2-5(12)4-7(6)13/h2-4,8H,1H3. The van der Waals surface area contributed by atoms with Crippen LogP contribution < -0.4 is 0 Å². The molecule has 0 aliphatic carbocycles. The minimum atomic E-state index is -1.06. The van der Waals surface area contributed by atoms with Gasteiger partial charge in [-0.15, -0.1) is 0 Å². The number of rotatable bonds is 3. The molecule has 0 saturated carbocycles. The molecule has 1 aromatic carbocycles. The van der Waals surface area contributed by atoms with E-state index in [1.807, 2.05) is 0 Å². The van der Waals surface area contributed by atoms with Crippen molar-refractivity contribution in [3.63, 3.8) is 0 Å². The minimum absolute atomic E-state index is 0.200. The number of hydrogen-bond acceptors (Lipinski definition) is 3. The summed E-state index contributed by atoms with van der Waals surface area (Å²) in [6, 6.07) is 4.43. The van der Waals surface area contributed by atoms with Crippen molar-refractivity contribution in [2.24, 2.45) is 0 Å². The van der Waals surface area contributed by atoms with Gasteiger partial charge in [0.1, 0.15) is 0 Å². The second-order valence-electron chi connectivity index (χ2n) is 2.87. The molecule has 0 radical (unpaired) electrons. The number of benzene rings is 1. The molecule has 0 N–H and O–H groups in total. The van der Waals surface area contributed by atoms with Crippen LogP contribution in [0.4, 0.5) is 0 Å². The smallest absolute Gasteiger partial charge is 0.327 e. The summed E-state index contributed by atoms with van der Waals surface area (Å²) in [5, 5.41) is 0.622. The first-order chi connectivity index (χ1) is 7.47. The summed E-state index contributed by atoms with van der Waals surface area (Å²) < 4.78 is 4.44. The maximum Gasteiger partial charge on any atom is 0.327 e. The van der Waals surface area contributed by atoms with E-state index in [1.165, 1.54) is 25.3 Å². The summed E-state index contributed by atoms with van der Waals surface area (Å²) in [4.78, 5) is 21.9. The lowest BCUT2D eigenvalue weighted by Crippen LogP contribution is -2.25. The van der Waals surface area contributed by atoms with Crippen LogP contribution in [0.3, 0.4) is 0 Å². The molecular weight excluding hydrogens is 319 g/mol. The second-order valence-corrected chi connectivity index (χ2v) is 4.63. The molecule has 6 heteroatoms. The number of methoxy groups -OCH3 is 1. The molecule has 16 heavy (non-hydrogen) atoms. The van der Waals surface area contributed by atoms with Gasteiger partial charge in [-0.1, -0.05) is 39.1 Å². The number of Topliss-reactive ketones (excluding diaryl/α,β-unsaturated/α-hetero) is 1. The summed E-state index contributed by atoms with van der Waals surface area (Å²) in [6.45, 7) is 0. The highest BCUT2D eigenvalue weighted by atomic mass is 79.9. The molecule has 1 rings (SSSR count). The van der Waals surface area contributed by atoms with Crippen LogP contribution in [0.2, 0.25) is 10.0 Å². The van der Waals surface area contributed by atoms with Crippen LogP contribution in [0.1, 0.15) is 10.4 Å². The van der Waals surface area contributed by atoms with E-state index in [9.17, 15) is 9.59 Å². The van der Waals surface area contributed by atoms with Crippen LogP contribution in [0.25, 0.3) is 0 Å². The van der Waals surface area contributed by atoms with Gasteiger partial charge in [-0.25, -0.2) is 0 Å². The Balaban J connectivity index is 3.01. The van der Waals surface area contributed by atoms with Crippen molar-refractivity contribution >= 4 is 50.9 Å². The van der Waals surface area contributed by atoms with E-state index >= 15 is 0 Å². The Bertz CT molecular complexity index is 434. The Morgan fingerprint density at radius 3 is 2.50 bits per heavy atom. The topological polar surface area (TPSA) is 43.4 Å². The Hall–Kier alpha value is -0.580. The third-order valence-corrected chi connectivity index (χ3v) is 3.17. The fourth-order valence-electron chi connectivity index (χ4n) is 1.04. The summed E-state index contributed by atoms with van der Waals surface area (Å²) in [7, 11) is 1.20. The van der Waals surface area contributed by atoms with Crippen LogP contribution in [0.15, 0.2) is 18.2 Å². The molecule has 3 nitrogen and oxygen atoms in total. The van der Waals surface area contributed by atoms with E-state index in [0.717, 1.165) is 0 Å². The van der Waals surface area contributed by atoms with Gasteiger partial charge in [0.2, 0.25) is 0 Å². The third-order valence-electron chi connectivity index (χ3n) is 1.83. The zero-order chi connectivity index (χ0) is 12.3. The number of ether oxygens (including phenoxy) is 1. The molecule has 0 aliphatic heterocycles. The number of hydrogen-bond donors (Lipinski definition) is 0. The number of esters is 1. The van der Waals surface area contributed by atoms with Crippen LogP contribution in [0, 0.1) is 0 Å². The number of carbonyl (C=O) groups is 2. The SMILES string of the molecule is COC(=O)C(Br)C(=O)c1ccc(Cl)cc1Cl. The molecule has 1 unspecified atom stereocenters. The Morgan fingerprint density at radius 1 is 1.38 bits per heavy atom. The van der Waals surface area contributed by atoms with Gasteiger partial charge in [-0.2, -0.15) is 0 Å². The largest absolute Gasteiger partial charge is 0.468 e. The van der Waals surface area contributed by atoms with Gasteiger partial charge in [0.25, 0.3) is 0 Å². The molecule has 0 heterocycles. The molecular formula is C10H7BrCl2O3. The molecule has 0 bridgehead atoms. The lowest BCUT2D eigenvalue weighted by molar-refractivity contribution is -0.138. The van der Waals surface area contributed by atoms with Crippen molar-refractivity contribution < 1.29 is 14.3 Å². The van der Waals surface area contributed by atoms with Gasteiger partial charge in [-0.3, -0.25) is 9.59 Å². The summed E-state index contributed by atoms with van der Waals surface area (Å²) in [5.74, 6) is -1.13. The van der Waals surface area contributed by atoms with Crippen LogP contribution in [0.5, 0.6) is 0 Å². The Morgan fingerprint density at radius 2 is 2.00 bits per heavy atom. The molecule has 86 valence electrons. The highest BCUT2D eigenvalue weighted by Crippen LogP contribution is 2.23. The van der Waals surface area contributed by atoms with Crippen molar-refractivity contribution in [3.05, 3.63) is 33.8 Å². The van der Waals surface area contributed by atoms with Crippen LogP contribution in [-0.2, 0) is 9.53 Å². The minimum Gasteiger partial charge on any atom is -0.468 e. The summed E-state index contributed by atoms with van der Waals surface area (Å²) in [6.07, 6.45) is 0. The lowest BCUT2D eigenvalue weighted by atomic mass is 10.1. The van der Waals surface area contributed by atoms with E-state index in [2.05, 4.69) is 20.7 Å². The molecule has 0 saturated heterocycles. The van der Waals surface area contributed by atoms with E-state index in [0.29, 0.717) is 5.02 Å². The highest BCUT2D eigenvalue weighted by molar-refractivity contribution is 9.10. The number of halogens is 3.